The van der Waals surface area contributed by atoms with Gasteiger partial charge in [0.05, 0.1) is 0 Å². The second kappa shape index (κ2) is 4.97. The number of nitrogens with two attached hydrogens (primary N) is 1. The monoisotopic (exact) mass is 228 g/mol. The number of H-pyrrole nitrogens is 1. The fraction of sp³-hybridized carbons (Fsp3) is 0.214. The Kier molecular flexibility index (Phi) is 3.40. The van der Waals surface area contributed by atoms with Gasteiger partial charge in [0, 0.05) is 17.8 Å². The summed E-state index contributed by atoms with van der Waals surface area (Å²) in [6.45, 7) is 2.38. The summed E-state index contributed by atoms with van der Waals surface area (Å²) in [5.74, 6) is 0. The fourth-order valence-corrected chi connectivity index (χ4v) is 1.79. The summed E-state index contributed by atoms with van der Waals surface area (Å²) in [5, 5.41) is 0. The van der Waals surface area contributed by atoms with Crippen LogP contribution in [0.25, 0.3) is 11.3 Å². The lowest BCUT2D eigenvalue weighted by molar-refractivity contribution is 1.02. The third-order valence-electron chi connectivity index (χ3n) is 2.86. The summed E-state index contributed by atoms with van der Waals surface area (Å²) < 4.78 is 0. The molecular weight excluding hydrogens is 212 g/mol. The Hall–Kier alpha value is -1.87. The molecule has 1 aromatic heterocycles. The number of rotatable bonds is 3. The molecule has 0 bridgehead atoms. The van der Waals surface area contributed by atoms with E-state index in [1.165, 1.54) is 5.56 Å². The molecule has 0 saturated heterocycles. The van der Waals surface area contributed by atoms with Gasteiger partial charge in [0.15, 0.2) is 0 Å². The standard InChI is InChI=1S/C14H16N2O/c1-2-10-4-3-5-11(8-10)13-7-6-12(9-15)14(17)16-13/h3-8H,2,9,15H2,1H3,(H,16,17). The molecule has 88 valence electrons. The largest absolute Gasteiger partial charge is 0.326 e. The van der Waals surface area contributed by atoms with Gasteiger partial charge in [-0.3, -0.25) is 4.79 Å². The van der Waals surface area contributed by atoms with E-state index in [0.717, 1.165) is 17.7 Å². The Labute approximate surface area is 100 Å². The fourth-order valence-electron chi connectivity index (χ4n) is 1.79. The molecule has 2 aromatic rings. The number of aryl methyl sites for hydroxylation is 1. The molecule has 0 atom stereocenters. The van der Waals surface area contributed by atoms with Gasteiger partial charge in [-0.25, -0.2) is 0 Å². The summed E-state index contributed by atoms with van der Waals surface area (Å²) in [7, 11) is 0. The van der Waals surface area contributed by atoms with Crippen molar-refractivity contribution >= 4 is 0 Å². The van der Waals surface area contributed by atoms with Gasteiger partial charge in [0.2, 0.25) is 0 Å². The Morgan fingerprint density at radius 1 is 1.24 bits per heavy atom. The lowest BCUT2D eigenvalue weighted by atomic mass is 10.1. The van der Waals surface area contributed by atoms with Crippen LogP contribution >= 0.6 is 0 Å². The highest BCUT2D eigenvalue weighted by Crippen LogP contribution is 2.17. The van der Waals surface area contributed by atoms with Gasteiger partial charge in [-0.15, -0.1) is 0 Å². The number of nitrogens with one attached hydrogen (secondary N) is 1. The van der Waals surface area contributed by atoms with E-state index >= 15 is 0 Å². The first kappa shape index (κ1) is 11.6. The maximum absolute atomic E-state index is 11.7. The predicted molar refractivity (Wildman–Crippen MR) is 69.8 cm³/mol. The Bertz CT molecular complexity index is 572. The lowest BCUT2D eigenvalue weighted by Gasteiger charge is -2.05. The minimum Gasteiger partial charge on any atom is -0.326 e. The van der Waals surface area contributed by atoms with Gasteiger partial charge in [-0.2, -0.15) is 0 Å². The molecule has 1 aromatic carbocycles. The maximum Gasteiger partial charge on any atom is 0.252 e. The molecule has 0 amide bonds. The van der Waals surface area contributed by atoms with Crippen molar-refractivity contribution in [3.05, 3.63) is 57.9 Å². The Balaban J connectivity index is 2.46. The molecular formula is C14H16N2O. The molecule has 2 rings (SSSR count). The third kappa shape index (κ3) is 2.45. The van der Waals surface area contributed by atoms with E-state index in [1.807, 2.05) is 18.2 Å². The van der Waals surface area contributed by atoms with Gasteiger partial charge >= 0.3 is 0 Å². The second-order valence-corrected chi connectivity index (χ2v) is 3.98. The molecule has 3 nitrogen and oxygen atoms in total. The molecule has 0 unspecified atom stereocenters. The highest BCUT2D eigenvalue weighted by atomic mass is 16.1. The summed E-state index contributed by atoms with van der Waals surface area (Å²) in [5.41, 5.74) is 9.10. The van der Waals surface area contributed by atoms with Crippen molar-refractivity contribution in [3.63, 3.8) is 0 Å². The van der Waals surface area contributed by atoms with Crippen molar-refractivity contribution in [3.8, 4) is 11.3 Å². The van der Waals surface area contributed by atoms with E-state index < -0.39 is 0 Å². The number of pyridine rings is 1. The molecule has 0 aliphatic heterocycles. The van der Waals surface area contributed by atoms with E-state index in [-0.39, 0.29) is 12.1 Å². The van der Waals surface area contributed by atoms with Crippen LogP contribution in [0.2, 0.25) is 0 Å². The average molecular weight is 228 g/mol. The molecule has 3 N–H and O–H groups in total. The number of hydrogen-bond acceptors (Lipinski definition) is 2. The Morgan fingerprint density at radius 2 is 2.06 bits per heavy atom. The van der Waals surface area contributed by atoms with Gasteiger partial charge < -0.3 is 10.7 Å². The van der Waals surface area contributed by atoms with Gasteiger partial charge in [0.1, 0.15) is 0 Å². The quantitative estimate of drug-likeness (QED) is 0.844. The Morgan fingerprint density at radius 3 is 2.71 bits per heavy atom. The molecule has 1 heterocycles. The van der Waals surface area contributed by atoms with Crippen molar-refractivity contribution in [2.75, 3.05) is 0 Å². The maximum atomic E-state index is 11.7. The summed E-state index contributed by atoms with van der Waals surface area (Å²) in [6.07, 6.45) is 0.985. The van der Waals surface area contributed by atoms with Crippen LogP contribution in [0.1, 0.15) is 18.1 Å². The zero-order valence-electron chi connectivity index (χ0n) is 9.86. The van der Waals surface area contributed by atoms with Crippen molar-refractivity contribution < 1.29 is 0 Å². The van der Waals surface area contributed by atoms with Crippen LogP contribution in [-0.2, 0) is 13.0 Å². The average Bonchev–Trinajstić information content (AvgIpc) is 2.38. The van der Waals surface area contributed by atoms with Crippen LogP contribution in [-0.4, -0.2) is 4.98 Å². The third-order valence-corrected chi connectivity index (χ3v) is 2.86. The molecule has 0 spiro atoms. The molecule has 0 saturated carbocycles. The molecule has 0 aliphatic carbocycles. The van der Waals surface area contributed by atoms with Crippen LogP contribution in [0.4, 0.5) is 0 Å². The minimum absolute atomic E-state index is 0.105. The molecule has 0 fully saturated rings. The lowest BCUT2D eigenvalue weighted by Crippen LogP contribution is -2.15. The summed E-state index contributed by atoms with van der Waals surface area (Å²) in [6, 6.07) is 11.9. The molecule has 0 aliphatic rings. The van der Waals surface area contributed by atoms with Crippen molar-refractivity contribution in [1.29, 1.82) is 0 Å². The highest BCUT2D eigenvalue weighted by Gasteiger charge is 2.02. The van der Waals surface area contributed by atoms with Crippen LogP contribution in [0.3, 0.4) is 0 Å². The van der Waals surface area contributed by atoms with E-state index in [4.69, 9.17) is 5.73 Å². The van der Waals surface area contributed by atoms with Crippen molar-refractivity contribution in [2.45, 2.75) is 19.9 Å². The van der Waals surface area contributed by atoms with Crippen LogP contribution in [0.5, 0.6) is 0 Å². The van der Waals surface area contributed by atoms with E-state index in [2.05, 4.69) is 24.0 Å². The summed E-state index contributed by atoms with van der Waals surface area (Å²) in [4.78, 5) is 14.5. The molecule has 17 heavy (non-hydrogen) atoms. The SMILES string of the molecule is CCc1cccc(-c2ccc(CN)c(=O)[nH]2)c1. The van der Waals surface area contributed by atoms with Crippen LogP contribution in [0, 0.1) is 0 Å². The second-order valence-electron chi connectivity index (χ2n) is 3.98. The normalized spacial score (nSPS) is 10.5. The van der Waals surface area contributed by atoms with Crippen molar-refractivity contribution in [2.24, 2.45) is 5.73 Å². The number of hydrogen-bond donors (Lipinski definition) is 2. The van der Waals surface area contributed by atoms with Gasteiger partial charge in [-0.05, 0) is 29.7 Å². The van der Waals surface area contributed by atoms with Crippen LogP contribution < -0.4 is 11.3 Å². The summed E-state index contributed by atoms with van der Waals surface area (Å²) >= 11 is 0. The first-order valence-corrected chi connectivity index (χ1v) is 5.76. The zero-order chi connectivity index (χ0) is 12.3. The topological polar surface area (TPSA) is 58.9 Å². The molecule has 0 radical (unpaired) electrons. The predicted octanol–water partition coefficient (Wildman–Crippen LogP) is 2.06. The first-order chi connectivity index (χ1) is 8.24. The van der Waals surface area contributed by atoms with E-state index in [0.29, 0.717) is 5.56 Å². The highest BCUT2D eigenvalue weighted by molar-refractivity contribution is 5.60. The van der Waals surface area contributed by atoms with Crippen molar-refractivity contribution in [1.82, 2.24) is 4.98 Å². The number of aromatic amines is 1. The van der Waals surface area contributed by atoms with E-state index in [1.54, 1.807) is 6.07 Å². The van der Waals surface area contributed by atoms with Gasteiger partial charge in [-0.1, -0.05) is 31.2 Å². The zero-order valence-corrected chi connectivity index (χ0v) is 9.86. The molecule has 3 heteroatoms. The smallest absolute Gasteiger partial charge is 0.252 e. The van der Waals surface area contributed by atoms with Crippen LogP contribution in [0.15, 0.2) is 41.2 Å². The first-order valence-electron chi connectivity index (χ1n) is 5.76. The number of benzene rings is 1. The van der Waals surface area contributed by atoms with Gasteiger partial charge in [0.25, 0.3) is 5.56 Å². The van der Waals surface area contributed by atoms with E-state index in [9.17, 15) is 4.79 Å². The minimum atomic E-state index is -0.105. The number of aromatic nitrogens is 1.